The van der Waals surface area contributed by atoms with Crippen molar-refractivity contribution in [1.29, 1.82) is 0 Å². The third kappa shape index (κ3) is 5.13. The maximum atomic E-state index is 10.5. The van der Waals surface area contributed by atoms with E-state index in [1.165, 1.54) is 0 Å². The highest BCUT2D eigenvalue weighted by Crippen LogP contribution is 2.25. The summed E-state index contributed by atoms with van der Waals surface area (Å²) < 4.78 is 1.76. The molecule has 0 bridgehead atoms. The number of hydrogen-bond acceptors (Lipinski definition) is 3. The summed E-state index contributed by atoms with van der Waals surface area (Å²) in [5.41, 5.74) is 0.939. The van der Waals surface area contributed by atoms with Gasteiger partial charge in [-0.2, -0.15) is 5.10 Å². The van der Waals surface area contributed by atoms with Gasteiger partial charge in [-0.1, -0.05) is 25.4 Å². The van der Waals surface area contributed by atoms with Gasteiger partial charge in [-0.3, -0.25) is 4.68 Å². The summed E-state index contributed by atoms with van der Waals surface area (Å²) >= 11 is 6.21. The maximum Gasteiger partial charge on any atom is 0.0848 e. The zero-order chi connectivity index (χ0) is 14.6. The Hall–Kier alpha value is -0.580. The summed E-state index contributed by atoms with van der Waals surface area (Å²) in [5, 5.41) is 18.7. The fraction of sp³-hybridized carbons (Fsp3) is 0.786. The average Bonchev–Trinajstić information content (AvgIpc) is 2.51. The zero-order valence-corrected chi connectivity index (χ0v) is 13.4. The number of aromatic nitrogens is 2. The van der Waals surface area contributed by atoms with Gasteiger partial charge < -0.3 is 10.4 Å². The topological polar surface area (TPSA) is 50.1 Å². The lowest BCUT2D eigenvalue weighted by Gasteiger charge is -2.24. The predicted molar refractivity (Wildman–Crippen MR) is 79.6 cm³/mol. The molecule has 110 valence electrons. The van der Waals surface area contributed by atoms with Crippen molar-refractivity contribution in [3.05, 3.63) is 16.4 Å². The van der Waals surface area contributed by atoms with Crippen LogP contribution >= 0.6 is 11.6 Å². The molecule has 0 saturated heterocycles. The summed E-state index contributed by atoms with van der Waals surface area (Å²) in [6.45, 7) is 9.85. The number of aryl methyl sites for hydroxylation is 2. The van der Waals surface area contributed by atoms with Crippen LogP contribution in [0.1, 0.15) is 38.6 Å². The van der Waals surface area contributed by atoms with E-state index in [9.17, 15) is 5.11 Å². The Labute approximate surface area is 121 Å². The second kappa shape index (κ2) is 6.73. The van der Waals surface area contributed by atoms with Crippen LogP contribution in [0.25, 0.3) is 0 Å². The van der Waals surface area contributed by atoms with Crippen molar-refractivity contribution in [2.45, 2.75) is 46.1 Å². The van der Waals surface area contributed by atoms with E-state index in [-0.39, 0.29) is 0 Å². The monoisotopic (exact) mass is 287 g/mol. The lowest BCUT2D eigenvalue weighted by molar-refractivity contribution is 0.0495. The standard InChI is InChI=1S/C14H26ClN3O/c1-10(2)9-16-7-6-14(4,19)8-12-13(15)11(3)17-18(12)5/h10,16,19H,6-9H2,1-5H3. The third-order valence-corrected chi connectivity index (χ3v) is 3.69. The average molecular weight is 288 g/mol. The second-order valence-electron chi connectivity index (χ2n) is 5.99. The van der Waals surface area contributed by atoms with E-state index in [4.69, 9.17) is 11.6 Å². The number of aliphatic hydroxyl groups is 1. The Morgan fingerprint density at radius 2 is 2.11 bits per heavy atom. The summed E-state index contributed by atoms with van der Waals surface area (Å²) in [7, 11) is 1.86. The van der Waals surface area contributed by atoms with Crippen LogP contribution in [0.5, 0.6) is 0 Å². The molecule has 0 spiro atoms. The molecular formula is C14H26ClN3O. The minimum absolute atomic E-state index is 0.520. The highest BCUT2D eigenvalue weighted by molar-refractivity contribution is 6.31. The van der Waals surface area contributed by atoms with Gasteiger partial charge in [0.05, 0.1) is 22.0 Å². The Kier molecular flexibility index (Phi) is 5.83. The molecule has 1 rings (SSSR count). The molecule has 1 atom stereocenters. The first-order valence-corrected chi connectivity index (χ1v) is 7.22. The maximum absolute atomic E-state index is 10.5. The molecule has 1 aromatic rings. The minimum atomic E-state index is -0.770. The highest BCUT2D eigenvalue weighted by atomic mass is 35.5. The largest absolute Gasteiger partial charge is 0.390 e. The van der Waals surface area contributed by atoms with Crippen molar-refractivity contribution >= 4 is 11.6 Å². The Balaban J connectivity index is 2.54. The summed E-state index contributed by atoms with van der Waals surface area (Å²) in [4.78, 5) is 0. The van der Waals surface area contributed by atoms with E-state index in [1.807, 2.05) is 20.9 Å². The van der Waals surface area contributed by atoms with Gasteiger partial charge in [0.2, 0.25) is 0 Å². The van der Waals surface area contributed by atoms with E-state index in [0.717, 1.165) is 24.5 Å². The molecule has 19 heavy (non-hydrogen) atoms. The molecule has 0 aliphatic carbocycles. The number of hydrogen-bond donors (Lipinski definition) is 2. The van der Waals surface area contributed by atoms with E-state index in [1.54, 1.807) is 4.68 Å². The molecule has 1 aromatic heterocycles. The van der Waals surface area contributed by atoms with Gasteiger partial charge >= 0.3 is 0 Å². The predicted octanol–water partition coefficient (Wildman–Crippen LogP) is 2.31. The van der Waals surface area contributed by atoms with Crippen molar-refractivity contribution in [2.75, 3.05) is 13.1 Å². The first kappa shape index (κ1) is 16.5. The van der Waals surface area contributed by atoms with Crippen LogP contribution in [0.4, 0.5) is 0 Å². The van der Waals surface area contributed by atoms with Crippen LogP contribution in [0, 0.1) is 12.8 Å². The Morgan fingerprint density at radius 3 is 2.58 bits per heavy atom. The molecule has 4 nitrogen and oxygen atoms in total. The van der Waals surface area contributed by atoms with E-state index in [0.29, 0.717) is 23.8 Å². The molecule has 1 unspecified atom stereocenters. The van der Waals surface area contributed by atoms with Gasteiger partial charge in [0, 0.05) is 13.5 Å². The smallest absolute Gasteiger partial charge is 0.0848 e. The SMILES string of the molecule is Cc1nn(C)c(CC(C)(O)CCNCC(C)C)c1Cl. The van der Waals surface area contributed by atoms with Gasteiger partial charge in [-0.05, 0) is 39.3 Å². The van der Waals surface area contributed by atoms with Crippen LogP contribution in [-0.2, 0) is 13.5 Å². The third-order valence-electron chi connectivity index (χ3n) is 3.20. The van der Waals surface area contributed by atoms with Crippen molar-refractivity contribution in [1.82, 2.24) is 15.1 Å². The fourth-order valence-electron chi connectivity index (χ4n) is 2.07. The molecule has 0 aliphatic rings. The van der Waals surface area contributed by atoms with Crippen molar-refractivity contribution in [2.24, 2.45) is 13.0 Å². The van der Waals surface area contributed by atoms with E-state index >= 15 is 0 Å². The summed E-state index contributed by atoms with van der Waals surface area (Å²) in [6, 6.07) is 0. The molecule has 0 aliphatic heterocycles. The first-order valence-electron chi connectivity index (χ1n) is 6.84. The summed E-state index contributed by atoms with van der Waals surface area (Å²) in [6.07, 6.45) is 1.22. The van der Waals surface area contributed by atoms with Crippen LogP contribution in [-0.4, -0.2) is 33.6 Å². The van der Waals surface area contributed by atoms with Crippen molar-refractivity contribution in [3.63, 3.8) is 0 Å². The highest BCUT2D eigenvalue weighted by Gasteiger charge is 2.24. The molecule has 0 amide bonds. The minimum Gasteiger partial charge on any atom is -0.390 e. The Bertz CT molecular complexity index is 413. The van der Waals surface area contributed by atoms with Crippen LogP contribution in [0.2, 0.25) is 5.02 Å². The lowest BCUT2D eigenvalue weighted by atomic mass is 9.96. The molecule has 0 radical (unpaired) electrons. The van der Waals surface area contributed by atoms with Crippen LogP contribution in [0.3, 0.4) is 0 Å². The van der Waals surface area contributed by atoms with Crippen molar-refractivity contribution in [3.8, 4) is 0 Å². The number of halogens is 1. The Morgan fingerprint density at radius 1 is 1.47 bits per heavy atom. The van der Waals surface area contributed by atoms with Gasteiger partial charge in [-0.15, -0.1) is 0 Å². The zero-order valence-electron chi connectivity index (χ0n) is 12.6. The van der Waals surface area contributed by atoms with Gasteiger partial charge in [0.15, 0.2) is 0 Å². The molecule has 1 heterocycles. The first-order chi connectivity index (χ1) is 8.73. The van der Waals surface area contributed by atoms with Crippen LogP contribution in [0.15, 0.2) is 0 Å². The fourth-order valence-corrected chi connectivity index (χ4v) is 2.30. The van der Waals surface area contributed by atoms with Crippen LogP contribution < -0.4 is 5.32 Å². The van der Waals surface area contributed by atoms with Gasteiger partial charge in [0.25, 0.3) is 0 Å². The molecule has 0 fully saturated rings. The normalized spacial score (nSPS) is 14.9. The molecule has 0 saturated carbocycles. The molecule has 2 N–H and O–H groups in total. The van der Waals surface area contributed by atoms with Gasteiger partial charge in [0.1, 0.15) is 0 Å². The number of rotatable bonds is 7. The number of nitrogens with one attached hydrogen (secondary N) is 1. The van der Waals surface area contributed by atoms with E-state index in [2.05, 4.69) is 24.3 Å². The second-order valence-corrected chi connectivity index (χ2v) is 6.37. The molecule has 0 aromatic carbocycles. The lowest BCUT2D eigenvalue weighted by Crippen LogP contribution is -2.34. The molecular weight excluding hydrogens is 262 g/mol. The van der Waals surface area contributed by atoms with Gasteiger partial charge in [-0.25, -0.2) is 0 Å². The molecule has 5 heteroatoms. The number of nitrogens with zero attached hydrogens (tertiary/aromatic N) is 2. The van der Waals surface area contributed by atoms with E-state index < -0.39 is 5.60 Å². The summed E-state index contributed by atoms with van der Waals surface area (Å²) in [5.74, 6) is 0.624. The quantitative estimate of drug-likeness (QED) is 0.757. The van der Waals surface area contributed by atoms with Crippen molar-refractivity contribution < 1.29 is 5.11 Å².